The van der Waals surface area contributed by atoms with E-state index in [0.717, 1.165) is 4.90 Å². The van der Waals surface area contributed by atoms with Crippen LogP contribution in [0.4, 0.5) is 13.2 Å². The molecule has 2 aliphatic rings. The zero-order chi connectivity index (χ0) is 18.6. The maximum absolute atomic E-state index is 13.6. The van der Waals surface area contributed by atoms with Gasteiger partial charge in [-0.3, -0.25) is 9.59 Å². The maximum atomic E-state index is 13.6. The van der Waals surface area contributed by atoms with E-state index in [-0.39, 0.29) is 25.1 Å². The lowest BCUT2D eigenvalue weighted by Crippen LogP contribution is -2.55. The van der Waals surface area contributed by atoms with Crippen molar-refractivity contribution in [2.75, 3.05) is 0 Å². The molecule has 0 aromatic heterocycles. The molecule has 0 fully saturated rings. The fourth-order valence-corrected chi connectivity index (χ4v) is 3.55. The zero-order valence-corrected chi connectivity index (χ0v) is 13.9. The second kappa shape index (κ2) is 5.42. The number of alkyl halides is 3. The number of aliphatic hydroxyl groups is 1. The van der Waals surface area contributed by atoms with Crippen LogP contribution in [0.3, 0.4) is 0 Å². The molecule has 1 aromatic carbocycles. The Morgan fingerprint density at radius 1 is 1.12 bits per heavy atom. The Bertz CT molecular complexity index is 768. The van der Waals surface area contributed by atoms with E-state index in [9.17, 15) is 27.9 Å². The number of hydrogen-bond donors (Lipinski definition) is 1. The number of rotatable bonds is 2. The summed E-state index contributed by atoms with van der Waals surface area (Å²) in [6.45, 7) is 3.38. The fourth-order valence-electron chi connectivity index (χ4n) is 3.55. The minimum Gasteiger partial charge on any atom is -0.368 e. The molecule has 1 atom stereocenters. The van der Waals surface area contributed by atoms with Gasteiger partial charge >= 0.3 is 6.18 Å². The first-order chi connectivity index (χ1) is 11.5. The Balaban J connectivity index is 2.13. The van der Waals surface area contributed by atoms with Crippen molar-refractivity contribution in [2.45, 2.75) is 45.0 Å². The summed E-state index contributed by atoms with van der Waals surface area (Å²) in [4.78, 5) is 25.9. The fraction of sp³-hybridized carbons (Fsp3) is 0.444. The number of benzene rings is 1. The molecule has 1 amide bonds. The molecule has 0 saturated heterocycles. The number of hydrogen-bond acceptors (Lipinski definition) is 3. The standard InChI is InChI=1S/C18H18F3NO3/c1-16(2)8-12-14(13(23)9-16)17(25,18(19,20)21)15(24)22(12)10-11-6-4-3-5-7-11/h3-7,25H,8-10H2,1-2H3/t17-/m1/s1. The van der Waals surface area contributed by atoms with Gasteiger partial charge in [-0.15, -0.1) is 0 Å². The predicted octanol–water partition coefficient (Wildman–Crippen LogP) is 2.97. The molecule has 1 aliphatic heterocycles. The number of amides is 1. The molecule has 1 N–H and O–H groups in total. The van der Waals surface area contributed by atoms with Crippen molar-refractivity contribution >= 4 is 11.7 Å². The van der Waals surface area contributed by atoms with Crippen LogP contribution < -0.4 is 0 Å². The number of carbonyl (C=O) groups excluding carboxylic acids is 2. The third kappa shape index (κ3) is 2.66. The van der Waals surface area contributed by atoms with Crippen molar-refractivity contribution < 1.29 is 27.9 Å². The summed E-state index contributed by atoms with van der Waals surface area (Å²) < 4.78 is 40.7. The molecule has 25 heavy (non-hydrogen) atoms. The summed E-state index contributed by atoms with van der Waals surface area (Å²) in [6, 6.07) is 8.51. The quantitative estimate of drug-likeness (QED) is 0.889. The van der Waals surface area contributed by atoms with Gasteiger partial charge < -0.3 is 10.0 Å². The van der Waals surface area contributed by atoms with E-state index in [2.05, 4.69) is 0 Å². The highest BCUT2D eigenvalue weighted by molar-refractivity contribution is 6.11. The van der Waals surface area contributed by atoms with Gasteiger partial charge in [-0.05, 0) is 17.4 Å². The minimum atomic E-state index is -5.26. The summed E-state index contributed by atoms with van der Waals surface area (Å²) in [6.07, 6.45) is -5.28. The molecule has 0 bridgehead atoms. The van der Waals surface area contributed by atoms with Crippen molar-refractivity contribution in [3.63, 3.8) is 0 Å². The van der Waals surface area contributed by atoms with Gasteiger partial charge in [0, 0.05) is 12.1 Å². The Hall–Kier alpha value is -2.15. The minimum absolute atomic E-state index is 0.0186. The predicted molar refractivity (Wildman–Crippen MR) is 83.0 cm³/mol. The zero-order valence-electron chi connectivity index (χ0n) is 13.9. The van der Waals surface area contributed by atoms with Crippen LogP contribution in [0.25, 0.3) is 0 Å². The first-order valence-corrected chi connectivity index (χ1v) is 7.89. The van der Waals surface area contributed by atoms with E-state index in [1.54, 1.807) is 44.2 Å². The number of allylic oxidation sites excluding steroid dienone is 1. The van der Waals surface area contributed by atoms with E-state index >= 15 is 0 Å². The number of ketones is 1. The molecule has 7 heteroatoms. The Morgan fingerprint density at radius 3 is 2.28 bits per heavy atom. The molecule has 4 nitrogen and oxygen atoms in total. The molecule has 0 saturated carbocycles. The highest BCUT2D eigenvalue weighted by Crippen LogP contribution is 2.51. The van der Waals surface area contributed by atoms with Crippen molar-refractivity contribution in [2.24, 2.45) is 5.41 Å². The monoisotopic (exact) mass is 353 g/mol. The summed E-state index contributed by atoms with van der Waals surface area (Å²) in [5, 5.41) is 10.3. The third-order valence-corrected chi connectivity index (χ3v) is 4.69. The molecular formula is C18H18F3NO3. The summed E-state index contributed by atoms with van der Waals surface area (Å²) in [5.74, 6) is -2.32. The second-order valence-electron chi connectivity index (χ2n) is 7.35. The molecule has 0 radical (unpaired) electrons. The van der Waals surface area contributed by atoms with Crippen molar-refractivity contribution in [1.29, 1.82) is 0 Å². The lowest BCUT2D eigenvalue weighted by atomic mass is 9.73. The lowest BCUT2D eigenvalue weighted by Gasteiger charge is -2.33. The molecule has 134 valence electrons. The van der Waals surface area contributed by atoms with Gasteiger partial charge in [-0.25, -0.2) is 0 Å². The highest BCUT2D eigenvalue weighted by Gasteiger charge is 2.70. The smallest absolute Gasteiger partial charge is 0.368 e. The van der Waals surface area contributed by atoms with Crippen LogP contribution in [-0.4, -0.2) is 33.5 Å². The molecular weight excluding hydrogens is 335 g/mol. The number of nitrogens with zero attached hydrogens (tertiary/aromatic N) is 1. The van der Waals surface area contributed by atoms with E-state index in [1.807, 2.05) is 0 Å². The molecule has 1 heterocycles. The van der Waals surface area contributed by atoms with Crippen LogP contribution >= 0.6 is 0 Å². The normalized spacial score (nSPS) is 26.2. The van der Waals surface area contributed by atoms with Gasteiger partial charge in [0.15, 0.2) is 5.78 Å². The number of halogens is 3. The van der Waals surface area contributed by atoms with Crippen LogP contribution in [0.2, 0.25) is 0 Å². The van der Waals surface area contributed by atoms with Crippen LogP contribution in [0.1, 0.15) is 32.3 Å². The first kappa shape index (κ1) is 17.7. The number of carbonyl (C=O) groups is 2. The van der Waals surface area contributed by atoms with Gasteiger partial charge in [0.25, 0.3) is 11.5 Å². The average molecular weight is 353 g/mol. The van der Waals surface area contributed by atoms with Gasteiger partial charge in [-0.1, -0.05) is 44.2 Å². The molecule has 1 aromatic rings. The van der Waals surface area contributed by atoms with E-state index in [1.165, 1.54) is 0 Å². The maximum Gasteiger partial charge on any atom is 0.430 e. The lowest BCUT2D eigenvalue weighted by molar-refractivity contribution is -0.238. The summed E-state index contributed by atoms with van der Waals surface area (Å²) in [5.41, 5.74) is -4.55. The van der Waals surface area contributed by atoms with Crippen LogP contribution in [0.5, 0.6) is 0 Å². The van der Waals surface area contributed by atoms with Crippen LogP contribution in [0, 0.1) is 5.41 Å². The van der Waals surface area contributed by atoms with Gasteiger partial charge in [0.2, 0.25) is 0 Å². The number of Topliss-reactive ketones (excluding diaryl/α,β-unsaturated/α-hetero) is 1. The molecule has 3 rings (SSSR count). The molecule has 0 spiro atoms. The Kier molecular flexibility index (Phi) is 3.83. The second-order valence-corrected chi connectivity index (χ2v) is 7.35. The Morgan fingerprint density at radius 2 is 1.72 bits per heavy atom. The summed E-state index contributed by atoms with van der Waals surface area (Å²) in [7, 11) is 0. The summed E-state index contributed by atoms with van der Waals surface area (Å²) >= 11 is 0. The van der Waals surface area contributed by atoms with E-state index < -0.39 is 34.5 Å². The van der Waals surface area contributed by atoms with Gasteiger partial charge in [-0.2, -0.15) is 13.2 Å². The Labute approximate surface area is 142 Å². The third-order valence-electron chi connectivity index (χ3n) is 4.69. The SMILES string of the molecule is CC1(C)CC(=O)C2=C(C1)N(Cc1ccccc1)C(=O)[C@@]2(O)C(F)(F)F. The van der Waals surface area contributed by atoms with E-state index in [0.29, 0.717) is 5.56 Å². The highest BCUT2D eigenvalue weighted by atomic mass is 19.4. The van der Waals surface area contributed by atoms with Crippen molar-refractivity contribution in [1.82, 2.24) is 4.90 Å². The first-order valence-electron chi connectivity index (χ1n) is 7.89. The molecule has 0 unspecified atom stereocenters. The van der Waals surface area contributed by atoms with E-state index in [4.69, 9.17) is 0 Å². The van der Waals surface area contributed by atoms with Crippen molar-refractivity contribution in [3.05, 3.63) is 47.2 Å². The molecule has 1 aliphatic carbocycles. The van der Waals surface area contributed by atoms with Crippen LogP contribution in [0.15, 0.2) is 41.6 Å². The van der Waals surface area contributed by atoms with Gasteiger partial charge in [0.05, 0.1) is 12.1 Å². The average Bonchev–Trinajstić information content (AvgIpc) is 2.69. The van der Waals surface area contributed by atoms with Crippen LogP contribution in [-0.2, 0) is 16.1 Å². The largest absolute Gasteiger partial charge is 0.430 e. The van der Waals surface area contributed by atoms with Crippen molar-refractivity contribution in [3.8, 4) is 0 Å². The van der Waals surface area contributed by atoms with Gasteiger partial charge in [0.1, 0.15) is 0 Å². The topological polar surface area (TPSA) is 57.6 Å².